The Morgan fingerprint density at radius 3 is 2.50 bits per heavy atom. The van der Waals surface area contributed by atoms with E-state index < -0.39 is 22.9 Å². The number of alkyl halides is 2. The van der Waals surface area contributed by atoms with E-state index in [9.17, 15) is 17.6 Å². The van der Waals surface area contributed by atoms with E-state index in [2.05, 4.69) is 0 Å². The van der Waals surface area contributed by atoms with E-state index in [1.165, 1.54) is 12.1 Å². The van der Waals surface area contributed by atoms with Crippen molar-refractivity contribution < 1.29 is 17.6 Å². The van der Waals surface area contributed by atoms with Crippen molar-refractivity contribution in [1.82, 2.24) is 0 Å². The Bertz CT molecular complexity index is 475. The van der Waals surface area contributed by atoms with Crippen LogP contribution in [0.2, 0.25) is 0 Å². The Balaban J connectivity index is 2.84. The summed E-state index contributed by atoms with van der Waals surface area (Å²) in [6.45, 7) is 0. The molecule has 0 aliphatic heterocycles. The molecule has 0 amide bonds. The third-order valence-corrected chi connectivity index (χ3v) is 2.80. The normalized spacial score (nSPS) is 11.5. The van der Waals surface area contributed by atoms with Crippen LogP contribution in [0, 0.1) is 10.9 Å². The van der Waals surface area contributed by atoms with Gasteiger partial charge >= 0.3 is 0 Å². The molecule has 0 fully saturated rings. The molecule has 0 N–H and O–H groups in total. The SMILES string of the molecule is Fc1sc2cccc(C(F)F)c2c1F. The molecule has 14 heavy (non-hydrogen) atoms. The van der Waals surface area contributed by atoms with Crippen LogP contribution in [0.5, 0.6) is 0 Å². The van der Waals surface area contributed by atoms with Gasteiger partial charge in [0.1, 0.15) is 0 Å². The van der Waals surface area contributed by atoms with Gasteiger partial charge in [-0.1, -0.05) is 12.1 Å². The third kappa shape index (κ3) is 1.28. The van der Waals surface area contributed by atoms with E-state index in [0.717, 1.165) is 6.07 Å². The maximum Gasteiger partial charge on any atom is 0.264 e. The quantitative estimate of drug-likeness (QED) is 0.634. The Labute approximate surface area is 80.8 Å². The number of thiophene rings is 1. The van der Waals surface area contributed by atoms with Crippen LogP contribution in [0.15, 0.2) is 18.2 Å². The van der Waals surface area contributed by atoms with Gasteiger partial charge in [-0.3, -0.25) is 0 Å². The maximum absolute atomic E-state index is 13.1. The van der Waals surface area contributed by atoms with Crippen LogP contribution >= 0.6 is 11.3 Å². The molecule has 0 spiro atoms. The highest BCUT2D eigenvalue weighted by atomic mass is 32.1. The summed E-state index contributed by atoms with van der Waals surface area (Å²) in [6, 6.07) is 3.87. The fraction of sp³-hybridized carbons (Fsp3) is 0.111. The second-order valence-corrected chi connectivity index (χ2v) is 3.71. The molecule has 74 valence electrons. The molecule has 0 aliphatic rings. The minimum Gasteiger partial charge on any atom is -0.205 e. The van der Waals surface area contributed by atoms with Crippen molar-refractivity contribution >= 4 is 21.4 Å². The van der Waals surface area contributed by atoms with Crippen molar-refractivity contribution in [3.63, 3.8) is 0 Å². The number of benzene rings is 1. The van der Waals surface area contributed by atoms with Crippen molar-refractivity contribution in [3.05, 3.63) is 34.7 Å². The van der Waals surface area contributed by atoms with Gasteiger partial charge in [-0.05, 0) is 6.07 Å². The van der Waals surface area contributed by atoms with E-state index >= 15 is 0 Å². The summed E-state index contributed by atoms with van der Waals surface area (Å²) in [4.78, 5) is 0. The molecule has 2 aromatic rings. The smallest absolute Gasteiger partial charge is 0.205 e. The van der Waals surface area contributed by atoms with E-state index in [-0.39, 0.29) is 10.1 Å². The molecule has 0 bridgehead atoms. The lowest BCUT2D eigenvalue weighted by molar-refractivity contribution is 0.153. The van der Waals surface area contributed by atoms with Gasteiger partial charge in [-0.15, -0.1) is 11.3 Å². The predicted molar refractivity (Wildman–Crippen MR) is 46.7 cm³/mol. The van der Waals surface area contributed by atoms with Gasteiger partial charge in [0, 0.05) is 15.6 Å². The molecule has 0 radical (unpaired) electrons. The first-order valence-electron chi connectivity index (χ1n) is 3.76. The topological polar surface area (TPSA) is 0 Å². The van der Waals surface area contributed by atoms with Crippen molar-refractivity contribution in [2.75, 3.05) is 0 Å². The molecule has 0 aliphatic carbocycles. The zero-order chi connectivity index (χ0) is 10.3. The lowest BCUT2D eigenvalue weighted by atomic mass is 10.1. The van der Waals surface area contributed by atoms with Gasteiger partial charge < -0.3 is 0 Å². The summed E-state index contributed by atoms with van der Waals surface area (Å²) in [5.41, 5.74) is -0.458. The van der Waals surface area contributed by atoms with Gasteiger partial charge in [-0.2, -0.15) is 4.39 Å². The summed E-state index contributed by atoms with van der Waals surface area (Å²) in [7, 11) is 0. The van der Waals surface area contributed by atoms with Crippen LogP contribution in [-0.4, -0.2) is 0 Å². The standard InChI is InChI=1S/C9H4F4S/c10-7-6-4(8(11)12)2-1-3-5(6)14-9(7)13/h1-3,8H. The lowest BCUT2D eigenvalue weighted by Crippen LogP contribution is -1.86. The Hall–Kier alpha value is -1.10. The molecule has 2 rings (SSSR count). The predicted octanol–water partition coefficient (Wildman–Crippen LogP) is 4.12. The molecular weight excluding hydrogens is 216 g/mol. The lowest BCUT2D eigenvalue weighted by Gasteiger charge is -2.00. The molecule has 1 aromatic heterocycles. The van der Waals surface area contributed by atoms with E-state index in [4.69, 9.17) is 0 Å². The highest BCUT2D eigenvalue weighted by Gasteiger charge is 2.19. The van der Waals surface area contributed by atoms with Gasteiger partial charge in [0.05, 0.1) is 0 Å². The van der Waals surface area contributed by atoms with Crippen molar-refractivity contribution in [2.24, 2.45) is 0 Å². The summed E-state index contributed by atoms with van der Waals surface area (Å²) < 4.78 is 50.9. The van der Waals surface area contributed by atoms with Crippen LogP contribution in [-0.2, 0) is 0 Å². The first-order chi connectivity index (χ1) is 6.61. The monoisotopic (exact) mass is 220 g/mol. The molecule has 1 heterocycles. The second-order valence-electron chi connectivity index (χ2n) is 2.71. The summed E-state index contributed by atoms with van der Waals surface area (Å²) >= 11 is 0.535. The Morgan fingerprint density at radius 2 is 1.86 bits per heavy atom. The minimum absolute atomic E-state index is 0.206. The summed E-state index contributed by atoms with van der Waals surface area (Å²) in [6.07, 6.45) is -2.79. The van der Waals surface area contributed by atoms with Crippen molar-refractivity contribution in [2.45, 2.75) is 6.43 Å². The van der Waals surface area contributed by atoms with Gasteiger partial charge in [0.15, 0.2) is 5.82 Å². The maximum atomic E-state index is 13.1. The summed E-state index contributed by atoms with van der Waals surface area (Å²) in [5.74, 6) is -1.18. The first-order valence-corrected chi connectivity index (χ1v) is 4.57. The number of hydrogen-bond donors (Lipinski definition) is 0. The van der Waals surface area contributed by atoms with Crippen LogP contribution in [0.1, 0.15) is 12.0 Å². The zero-order valence-corrected chi connectivity index (χ0v) is 7.55. The number of fused-ring (bicyclic) bond motifs is 1. The first kappa shape index (κ1) is 9.45. The average Bonchev–Trinajstić information content (AvgIpc) is 2.43. The van der Waals surface area contributed by atoms with Crippen LogP contribution in [0.3, 0.4) is 0 Å². The Kier molecular flexibility index (Phi) is 2.19. The molecule has 0 saturated carbocycles. The molecule has 0 atom stereocenters. The number of rotatable bonds is 1. The molecule has 1 aromatic carbocycles. The van der Waals surface area contributed by atoms with Gasteiger partial charge in [0.2, 0.25) is 5.13 Å². The van der Waals surface area contributed by atoms with Crippen LogP contribution < -0.4 is 0 Å². The highest BCUT2D eigenvalue weighted by molar-refractivity contribution is 7.17. The van der Waals surface area contributed by atoms with Gasteiger partial charge in [-0.25, -0.2) is 13.2 Å². The van der Waals surface area contributed by atoms with Crippen molar-refractivity contribution in [1.29, 1.82) is 0 Å². The number of hydrogen-bond acceptors (Lipinski definition) is 1. The fourth-order valence-corrected chi connectivity index (χ4v) is 2.13. The largest absolute Gasteiger partial charge is 0.264 e. The highest BCUT2D eigenvalue weighted by Crippen LogP contribution is 2.35. The zero-order valence-electron chi connectivity index (χ0n) is 6.73. The van der Waals surface area contributed by atoms with Crippen molar-refractivity contribution in [3.8, 4) is 0 Å². The van der Waals surface area contributed by atoms with Crippen LogP contribution in [0.25, 0.3) is 10.1 Å². The molecule has 0 nitrogen and oxygen atoms in total. The minimum atomic E-state index is -2.79. The molecule has 5 heteroatoms. The molecular formula is C9H4F4S. The number of halogens is 4. The van der Waals surface area contributed by atoms with E-state index in [1.807, 2.05) is 0 Å². The van der Waals surface area contributed by atoms with Gasteiger partial charge in [0.25, 0.3) is 6.43 Å². The molecule has 0 saturated heterocycles. The average molecular weight is 220 g/mol. The Morgan fingerprint density at radius 1 is 1.14 bits per heavy atom. The van der Waals surface area contributed by atoms with E-state index in [1.54, 1.807) is 0 Å². The fourth-order valence-electron chi connectivity index (χ4n) is 1.29. The second kappa shape index (κ2) is 3.24. The summed E-state index contributed by atoms with van der Waals surface area (Å²) in [5, 5.41) is -1.35. The molecule has 0 unspecified atom stereocenters. The van der Waals surface area contributed by atoms with E-state index in [0.29, 0.717) is 11.3 Å². The van der Waals surface area contributed by atoms with Crippen LogP contribution in [0.4, 0.5) is 17.6 Å². The third-order valence-electron chi connectivity index (χ3n) is 1.89.